The number of nitrogens with zero attached hydrogens (tertiary/aromatic N) is 1. The zero-order valence-corrected chi connectivity index (χ0v) is 11.3. The number of nitrogen functional groups attached to an aromatic ring is 1. The lowest BCUT2D eigenvalue weighted by Gasteiger charge is -2.30. The fourth-order valence-corrected chi connectivity index (χ4v) is 3.01. The number of hydrogen-bond acceptors (Lipinski definition) is 3. The van der Waals surface area contributed by atoms with Crippen molar-refractivity contribution in [1.29, 1.82) is 0 Å². The molecule has 1 saturated heterocycles. The number of fused-ring (bicyclic) bond motifs is 1. The van der Waals surface area contributed by atoms with Gasteiger partial charge in [-0.2, -0.15) is 0 Å². The van der Waals surface area contributed by atoms with E-state index in [1.54, 1.807) is 0 Å². The van der Waals surface area contributed by atoms with Crippen LogP contribution in [0.1, 0.15) is 24.5 Å². The molecule has 0 aromatic heterocycles. The first-order valence-corrected chi connectivity index (χ1v) is 6.91. The molecule has 3 rings (SSSR count). The predicted molar refractivity (Wildman–Crippen MR) is 73.5 cm³/mol. The number of amides is 1. The normalized spacial score (nSPS) is 26.3. The zero-order valence-electron chi connectivity index (χ0n) is 11.3. The van der Waals surface area contributed by atoms with Crippen LogP contribution in [0.15, 0.2) is 18.2 Å². The summed E-state index contributed by atoms with van der Waals surface area (Å²) in [5, 5.41) is 0. The summed E-state index contributed by atoms with van der Waals surface area (Å²) in [4.78, 5) is 14.4. The van der Waals surface area contributed by atoms with Gasteiger partial charge >= 0.3 is 0 Å². The summed E-state index contributed by atoms with van der Waals surface area (Å²) < 4.78 is 5.50. The molecule has 0 spiro atoms. The Labute approximate surface area is 113 Å². The minimum Gasteiger partial charge on any atom is -0.399 e. The van der Waals surface area contributed by atoms with Crippen LogP contribution < -0.4 is 5.73 Å². The number of anilines is 1. The third kappa shape index (κ3) is 2.45. The van der Waals surface area contributed by atoms with Gasteiger partial charge in [-0.05, 0) is 43.0 Å². The van der Waals surface area contributed by atoms with Crippen molar-refractivity contribution in [3.63, 3.8) is 0 Å². The number of ether oxygens (including phenoxy) is 1. The van der Waals surface area contributed by atoms with Crippen LogP contribution in [0.2, 0.25) is 0 Å². The van der Waals surface area contributed by atoms with Gasteiger partial charge in [0.25, 0.3) is 0 Å². The second-order valence-corrected chi connectivity index (χ2v) is 5.61. The van der Waals surface area contributed by atoms with Crippen LogP contribution in [0.25, 0.3) is 0 Å². The number of rotatable bonds is 1. The lowest BCUT2D eigenvalue weighted by atomic mass is 9.97. The van der Waals surface area contributed by atoms with Crippen molar-refractivity contribution in [1.82, 2.24) is 4.90 Å². The van der Waals surface area contributed by atoms with Gasteiger partial charge in [0.15, 0.2) is 0 Å². The Balaban J connectivity index is 1.73. The van der Waals surface area contributed by atoms with Gasteiger partial charge in [0, 0.05) is 18.8 Å². The van der Waals surface area contributed by atoms with Crippen LogP contribution in [0.4, 0.5) is 5.69 Å². The fraction of sp³-hybridized carbons (Fsp3) is 0.533. The SMILES string of the molecule is CC1CC(C(=O)N2CCc3ccc(N)cc3C2)CO1. The van der Waals surface area contributed by atoms with Crippen LogP contribution in [0.5, 0.6) is 0 Å². The number of carbonyl (C=O) groups excluding carboxylic acids is 1. The van der Waals surface area contributed by atoms with Crippen molar-refractivity contribution in [3.8, 4) is 0 Å². The fourth-order valence-electron chi connectivity index (χ4n) is 3.01. The summed E-state index contributed by atoms with van der Waals surface area (Å²) in [7, 11) is 0. The molecule has 2 aliphatic heterocycles. The molecular weight excluding hydrogens is 240 g/mol. The van der Waals surface area contributed by atoms with E-state index in [1.165, 1.54) is 11.1 Å². The lowest BCUT2D eigenvalue weighted by molar-refractivity contribution is -0.136. The summed E-state index contributed by atoms with van der Waals surface area (Å²) >= 11 is 0. The molecule has 2 unspecified atom stereocenters. The number of nitrogens with two attached hydrogens (primary N) is 1. The first kappa shape index (κ1) is 12.5. The van der Waals surface area contributed by atoms with Crippen LogP contribution in [0, 0.1) is 5.92 Å². The maximum absolute atomic E-state index is 12.5. The van der Waals surface area contributed by atoms with Crippen molar-refractivity contribution >= 4 is 11.6 Å². The minimum atomic E-state index is 0.0395. The maximum atomic E-state index is 12.5. The van der Waals surface area contributed by atoms with Crippen molar-refractivity contribution in [2.45, 2.75) is 32.4 Å². The van der Waals surface area contributed by atoms with Gasteiger partial charge in [-0.25, -0.2) is 0 Å². The molecule has 4 heteroatoms. The van der Waals surface area contributed by atoms with E-state index in [9.17, 15) is 4.79 Å². The third-order valence-electron chi connectivity index (χ3n) is 4.10. The predicted octanol–water partition coefficient (Wildman–Crippen LogP) is 1.58. The maximum Gasteiger partial charge on any atom is 0.228 e. The van der Waals surface area contributed by atoms with E-state index in [4.69, 9.17) is 10.5 Å². The molecule has 2 heterocycles. The number of benzene rings is 1. The number of hydrogen-bond donors (Lipinski definition) is 1. The summed E-state index contributed by atoms with van der Waals surface area (Å²) in [6, 6.07) is 6.00. The van der Waals surface area contributed by atoms with Gasteiger partial charge in [0.2, 0.25) is 5.91 Å². The Morgan fingerprint density at radius 3 is 3.00 bits per heavy atom. The van der Waals surface area contributed by atoms with Gasteiger partial charge in [-0.1, -0.05) is 6.07 Å². The highest BCUT2D eigenvalue weighted by molar-refractivity contribution is 5.79. The topological polar surface area (TPSA) is 55.6 Å². The van der Waals surface area contributed by atoms with E-state index in [1.807, 2.05) is 24.0 Å². The Morgan fingerprint density at radius 1 is 1.42 bits per heavy atom. The average molecular weight is 260 g/mol. The Bertz CT molecular complexity index is 501. The number of carbonyl (C=O) groups is 1. The molecule has 2 N–H and O–H groups in total. The van der Waals surface area contributed by atoms with Crippen molar-refractivity contribution < 1.29 is 9.53 Å². The summed E-state index contributed by atoms with van der Waals surface area (Å²) in [6.07, 6.45) is 1.98. The van der Waals surface area contributed by atoms with E-state index in [-0.39, 0.29) is 17.9 Å². The molecular formula is C15H20N2O2. The van der Waals surface area contributed by atoms with E-state index >= 15 is 0 Å². The molecule has 4 nitrogen and oxygen atoms in total. The molecule has 19 heavy (non-hydrogen) atoms. The van der Waals surface area contributed by atoms with E-state index in [0.717, 1.165) is 25.1 Å². The molecule has 0 radical (unpaired) electrons. The molecule has 1 aromatic rings. The van der Waals surface area contributed by atoms with Gasteiger partial charge in [0.05, 0.1) is 18.6 Å². The highest BCUT2D eigenvalue weighted by Gasteiger charge is 2.32. The minimum absolute atomic E-state index is 0.0395. The summed E-state index contributed by atoms with van der Waals surface area (Å²) in [6.45, 7) is 4.09. The van der Waals surface area contributed by atoms with E-state index in [2.05, 4.69) is 6.07 Å². The molecule has 1 amide bonds. The first-order chi connectivity index (χ1) is 9.13. The van der Waals surface area contributed by atoms with Gasteiger partial charge in [-0.3, -0.25) is 4.79 Å². The molecule has 0 aliphatic carbocycles. The van der Waals surface area contributed by atoms with Crippen LogP contribution in [0.3, 0.4) is 0 Å². The standard InChI is InChI=1S/C15H20N2O2/c1-10-6-13(9-19-10)15(18)17-5-4-11-2-3-14(16)7-12(11)8-17/h2-3,7,10,13H,4-6,8-9,16H2,1H3. The molecule has 0 saturated carbocycles. The smallest absolute Gasteiger partial charge is 0.228 e. The average Bonchev–Trinajstić information content (AvgIpc) is 2.83. The van der Waals surface area contributed by atoms with Crippen LogP contribution in [-0.2, 0) is 22.5 Å². The third-order valence-corrected chi connectivity index (χ3v) is 4.10. The Kier molecular flexibility index (Phi) is 3.19. The first-order valence-electron chi connectivity index (χ1n) is 6.91. The van der Waals surface area contributed by atoms with Crippen molar-refractivity contribution in [3.05, 3.63) is 29.3 Å². The van der Waals surface area contributed by atoms with Gasteiger partial charge in [-0.15, -0.1) is 0 Å². The molecule has 0 bridgehead atoms. The molecule has 2 atom stereocenters. The monoisotopic (exact) mass is 260 g/mol. The highest BCUT2D eigenvalue weighted by Crippen LogP contribution is 2.26. The van der Waals surface area contributed by atoms with Crippen LogP contribution >= 0.6 is 0 Å². The lowest BCUT2D eigenvalue weighted by Crippen LogP contribution is -2.40. The molecule has 102 valence electrons. The second-order valence-electron chi connectivity index (χ2n) is 5.61. The zero-order chi connectivity index (χ0) is 13.4. The van der Waals surface area contributed by atoms with Crippen molar-refractivity contribution in [2.75, 3.05) is 18.9 Å². The quantitative estimate of drug-likeness (QED) is 0.780. The molecule has 2 aliphatic rings. The summed E-state index contributed by atoms with van der Waals surface area (Å²) in [5.41, 5.74) is 9.09. The van der Waals surface area contributed by atoms with Gasteiger partial charge in [0.1, 0.15) is 0 Å². The van der Waals surface area contributed by atoms with Crippen molar-refractivity contribution in [2.24, 2.45) is 5.92 Å². The van der Waals surface area contributed by atoms with E-state index in [0.29, 0.717) is 13.2 Å². The molecule has 1 fully saturated rings. The highest BCUT2D eigenvalue weighted by atomic mass is 16.5. The summed E-state index contributed by atoms with van der Waals surface area (Å²) in [5.74, 6) is 0.273. The second kappa shape index (κ2) is 4.85. The van der Waals surface area contributed by atoms with E-state index < -0.39 is 0 Å². The Hall–Kier alpha value is -1.55. The largest absolute Gasteiger partial charge is 0.399 e. The van der Waals surface area contributed by atoms with Crippen LogP contribution in [-0.4, -0.2) is 30.1 Å². The molecule has 1 aromatic carbocycles. The van der Waals surface area contributed by atoms with Gasteiger partial charge < -0.3 is 15.4 Å². The Morgan fingerprint density at radius 2 is 2.26 bits per heavy atom.